The van der Waals surface area contributed by atoms with Gasteiger partial charge in [0.05, 0.1) is 23.7 Å². The van der Waals surface area contributed by atoms with E-state index >= 15 is 0 Å². The van der Waals surface area contributed by atoms with Crippen LogP contribution in [0.5, 0.6) is 0 Å². The number of sulfonamides is 1. The molecule has 5 aromatic carbocycles. The molecule has 1 saturated heterocycles. The molecule has 1 heterocycles. The molecule has 1 fully saturated rings. The van der Waals surface area contributed by atoms with Crippen molar-refractivity contribution in [1.82, 2.24) is 9.62 Å². The Kier molecular flexibility index (Phi) is 10.8. The zero-order valence-corrected chi connectivity index (χ0v) is 28.1. The maximum atomic E-state index is 12.8. The fourth-order valence-corrected chi connectivity index (χ4v) is 7.12. The molecular formula is C40H42N2O5S. The van der Waals surface area contributed by atoms with Crippen LogP contribution < -0.4 is 4.72 Å². The number of likely N-dealkylation sites (N-methyl/N-ethyl adjacent to an activating group) is 1. The molecule has 5 aromatic rings. The van der Waals surface area contributed by atoms with Gasteiger partial charge in [0.15, 0.2) is 6.29 Å². The largest absolute Gasteiger partial charge is 0.392 e. The summed E-state index contributed by atoms with van der Waals surface area (Å²) in [4.78, 5) is 2.56. The molecule has 1 aliphatic rings. The Morgan fingerprint density at radius 3 is 2.15 bits per heavy atom. The highest BCUT2D eigenvalue weighted by Gasteiger charge is 2.33. The van der Waals surface area contributed by atoms with Crippen molar-refractivity contribution >= 4 is 10.0 Å². The van der Waals surface area contributed by atoms with Gasteiger partial charge in [-0.2, -0.15) is 0 Å². The van der Waals surface area contributed by atoms with E-state index < -0.39 is 16.3 Å². The van der Waals surface area contributed by atoms with Crippen LogP contribution in [0.25, 0.3) is 11.1 Å². The van der Waals surface area contributed by atoms with Crippen LogP contribution in [-0.4, -0.2) is 38.1 Å². The summed E-state index contributed by atoms with van der Waals surface area (Å²) >= 11 is 0. The summed E-state index contributed by atoms with van der Waals surface area (Å²) in [6, 6.07) is 43.0. The van der Waals surface area contributed by atoms with Gasteiger partial charge >= 0.3 is 0 Å². The molecule has 1 aliphatic heterocycles. The lowest BCUT2D eigenvalue weighted by Gasteiger charge is -2.39. The maximum Gasteiger partial charge on any atom is 0.240 e. The highest BCUT2D eigenvalue weighted by Crippen LogP contribution is 2.39. The lowest BCUT2D eigenvalue weighted by molar-refractivity contribution is -0.253. The van der Waals surface area contributed by atoms with E-state index in [1.165, 1.54) is 5.56 Å². The number of hydrogen-bond acceptors (Lipinski definition) is 6. The second-order valence-electron chi connectivity index (χ2n) is 12.3. The van der Waals surface area contributed by atoms with Crippen molar-refractivity contribution in [3.05, 3.63) is 161 Å². The number of rotatable bonds is 12. The monoisotopic (exact) mass is 662 g/mol. The molecule has 0 radical (unpaired) electrons. The number of aliphatic hydroxyl groups is 1. The fraction of sp³-hybridized carbons (Fsp3) is 0.250. The van der Waals surface area contributed by atoms with Crippen LogP contribution in [0.15, 0.2) is 138 Å². The van der Waals surface area contributed by atoms with E-state index in [0.29, 0.717) is 6.42 Å². The molecule has 4 atom stereocenters. The van der Waals surface area contributed by atoms with Gasteiger partial charge in [-0.1, -0.05) is 109 Å². The molecule has 0 bridgehead atoms. The van der Waals surface area contributed by atoms with Gasteiger partial charge in [0.1, 0.15) is 0 Å². The molecule has 248 valence electrons. The number of benzene rings is 5. The standard InChI is InChI=1S/C40H42N2O5S/c1-29(32-12-5-3-6-13-32)42(2)27-37-25-39(33-21-19-30(28-43)20-22-33)47-40(46-37)36-16-10-15-35(24-36)34-14-9-11-31(23-34)26-41-48(44,45)38-17-7-4-8-18-38/h3-24,29,37,39-41,43H,25-28H2,1-2H3/t29-,37-,39+,40+/m0/s1. The summed E-state index contributed by atoms with van der Waals surface area (Å²) in [6.07, 6.45) is -0.173. The summed E-state index contributed by atoms with van der Waals surface area (Å²) in [6.45, 7) is 3.10. The molecular weight excluding hydrogens is 621 g/mol. The molecule has 0 aromatic heterocycles. The van der Waals surface area contributed by atoms with E-state index in [0.717, 1.165) is 39.9 Å². The predicted octanol–water partition coefficient (Wildman–Crippen LogP) is 7.56. The van der Waals surface area contributed by atoms with Gasteiger partial charge in [-0.15, -0.1) is 0 Å². The smallest absolute Gasteiger partial charge is 0.240 e. The van der Waals surface area contributed by atoms with Crippen molar-refractivity contribution < 1.29 is 23.0 Å². The highest BCUT2D eigenvalue weighted by atomic mass is 32.2. The van der Waals surface area contributed by atoms with Crippen LogP contribution in [0.4, 0.5) is 0 Å². The molecule has 0 spiro atoms. The zero-order valence-electron chi connectivity index (χ0n) is 27.3. The molecule has 7 nitrogen and oxygen atoms in total. The van der Waals surface area contributed by atoms with Crippen molar-refractivity contribution in [2.75, 3.05) is 13.6 Å². The van der Waals surface area contributed by atoms with Crippen LogP contribution in [0.1, 0.15) is 59.6 Å². The van der Waals surface area contributed by atoms with Crippen molar-refractivity contribution in [3.8, 4) is 11.1 Å². The van der Waals surface area contributed by atoms with Gasteiger partial charge in [0.2, 0.25) is 10.0 Å². The van der Waals surface area contributed by atoms with Crippen LogP contribution >= 0.6 is 0 Å². The molecule has 48 heavy (non-hydrogen) atoms. The second-order valence-corrected chi connectivity index (χ2v) is 14.1. The molecule has 0 unspecified atom stereocenters. The fourth-order valence-electron chi connectivity index (χ4n) is 6.09. The number of nitrogens with one attached hydrogen (secondary N) is 1. The van der Waals surface area contributed by atoms with Crippen molar-refractivity contribution in [2.24, 2.45) is 0 Å². The lowest BCUT2D eigenvalue weighted by atomic mass is 9.98. The first-order chi connectivity index (χ1) is 23.3. The minimum atomic E-state index is -3.62. The Morgan fingerprint density at radius 1 is 0.771 bits per heavy atom. The topological polar surface area (TPSA) is 88.1 Å². The third-order valence-corrected chi connectivity index (χ3v) is 10.4. The number of nitrogens with zero attached hydrogens (tertiary/aromatic N) is 1. The van der Waals surface area contributed by atoms with E-state index in [1.54, 1.807) is 30.3 Å². The van der Waals surface area contributed by atoms with Gasteiger partial charge in [0.25, 0.3) is 0 Å². The van der Waals surface area contributed by atoms with Gasteiger partial charge < -0.3 is 14.6 Å². The molecule has 2 N–H and O–H groups in total. The van der Waals surface area contributed by atoms with E-state index in [9.17, 15) is 13.5 Å². The first-order valence-electron chi connectivity index (χ1n) is 16.3. The Labute approximate surface area is 283 Å². The SMILES string of the molecule is C[C@@H](c1ccccc1)N(C)C[C@@H]1C[C@H](c2ccc(CO)cc2)O[C@H](c2cccc(-c3cccc(CNS(=O)(=O)c4ccccc4)c3)c2)O1. The normalized spacial score (nSPS) is 18.9. The van der Waals surface area contributed by atoms with E-state index in [4.69, 9.17) is 9.47 Å². The number of aliphatic hydroxyl groups excluding tert-OH is 1. The summed E-state index contributed by atoms with van der Waals surface area (Å²) in [5.41, 5.74) is 6.86. The molecule has 8 heteroatoms. The second kappa shape index (κ2) is 15.4. The minimum Gasteiger partial charge on any atom is -0.392 e. The lowest BCUT2D eigenvalue weighted by Crippen LogP contribution is -2.38. The molecule has 0 aliphatic carbocycles. The first kappa shape index (κ1) is 33.7. The Hall–Kier alpha value is -4.15. The molecule has 0 amide bonds. The van der Waals surface area contributed by atoms with E-state index in [-0.39, 0.29) is 36.3 Å². The third kappa shape index (κ3) is 8.28. The highest BCUT2D eigenvalue weighted by molar-refractivity contribution is 7.89. The maximum absolute atomic E-state index is 12.8. The Bertz CT molecular complexity index is 1880. The van der Waals surface area contributed by atoms with Crippen molar-refractivity contribution in [2.45, 2.75) is 55.9 Å². The van der Waals surface area contributed by atoms with Crippen LogP contribution in [0.2, 0.25) is 0 Å². The Balaban J connectivity index is 1.22. The zero-order chi connectivity index (χ0) is 33.5. The van der Waals surface area contributed by atoms with E-state index in [1.807, 2.05) is 72.8 Å². The van der Waals surface area contributed by atoms with Crippen LogP contribution in [0.3, 0.4) is 0 Å². The van der Waals surface area contributed by atoms with Gasteiger partial charge in [-0.3, -0.25) is 4.90 Å². The van der Waals surface area contributed by atoms with Gasteiger partial charge in [-0.25, -0.2) is 13.1 Å². The number of ether oxygens (including phenoxy) is 2. The average Bonchev–Trinajstić information content (AvgIpc) is 3.14. The third-order valence-electron chi connectivity index (χ3n) is 8.99. The summed E-state index contributed by atoms with van der Waals surface area (Å²) in [5.74, 6) is 0. The van der Waals surface area contributed by atoms with Gasteiger partial charge in [-0.05, 0) is 71.6 Å². The van der Waals surface area contributed by atoms with Crippen molar-refractivity contribution in [1.29, 1.82) is 0 Å². The average molecular weight is 663 g/mol. The molecule has 0 saturated carbocycles. The van der Waals surface area contributed by atoms with Crippen LogP contribution in [-0.2, 0) is 32.6 Å². The summed E-state index contributed by atoms with van der Waals surface area (Å²) in [5, 5.41) is 9.58. The summed E-state index contributed by atoms with van der Waals surface area (Å²) in [7, 11) is -1.49. The number of hydrogen-bond donors (Lipinski definition) is 2. The molecule has 6 rings (SSSR count). The minimum absolute atomic E-state index is 0.00473. The first-order valence-corrected chi connectivity index (χ1v) is 17.8. The van der Waals surface area contributed by atoms with E-state index in [2.05, 4.69) is 53.9 Å². The predicted molar refractivity (Wildman–Crippen MR) is 188 cm³/mol. The van der Waals surface area contributed by atoms with Crippen LogP contribution in [0, 0.1) is 0 Å². The Morgan fingerprint density at radius 2 is 1.44 bits per heavy atom. The summed E-state index contributed by atoms with van der Waals surface area (Å²) < 4.78 is 41.6. The quantitative estimate of drug-likeness (QED) is 0.143. The van der Waals surface area contributed by atoms with Crippen molar-refractivity contribution in [3.63, 3.8) is 0 Å². The van der Waals surface area contributed by atoms with Gasteiger partial charge in [0, 0.05) is 31.1 Å².